The zero-order chi connectivity index (χ0) is 11.4. The van der Waals surface area contributed by atoms with Gasteiger partial charge in [0.05, 0.1) is 12.2 Å². The number of carbonyl (C=O) groups is 2. The third-order valence-electron chi connectivity index (χ3n) is 2.03. The van der Waals surface area contributed by atoms with E-state index >= 15 is 0 Å². The average molecular weight is 271 g/mol. The molecule has 0 fully saturated rings. The Kier molecular flexibility index (Phi) is 4.03. The number of rotatable bonds is 3. The Morgan fingerprint density at radius 3 is 2.73 bits per heavy atom. The van der Waals surface area contributed by atoms with E-state index in [0.29, 0.717) is 27.8 Å². The summed E-state index contributed by atoms with van der Waals surface area (Å²) in [5, 5.41) is 0. The Morgan fingerprint density at radius 2 is 2.20 bits per heavy atom. The van der Waals surface area contributed by atoms with Crippen molar-refractivity contribution in [2.45, 2.75) is 13.8 Å². The molecule has 4 heteroatoms. The quantitative estimate of drug-likeness (QED) is 0.627. The summed E-state index contributed by atoms with van der Waals surface area (Å²) in [6.07, 6.45) is 0.725. The SMILES string of the molecule is CCOC(=O)c1cc(Br)cc(C=O)c1C. The van der Waals surface area contributed by atoms with Crippen molar-refractivity contribution in [1.29, 1.82) is 0 Å². The van der Waals surface area contributed by atoms with Crippen molar-refractivity contribution < 1.29 is 14.3 Å². The summed E-state index contributed by atoms with van der Waals surface area (Å²) in [5.41, 5.74) is 1.56. The highest BCUT2D eigenvalue weighted by Gasteiger charge is 2.13. The van der Waals surface area contributed by atoms with Crippen molar-refractivity contribution in [2.24, 2.45) is 0 Å². The molecule has 0 amide bonds. The van der Waals surface area contributed by atoms with Gasteiger partial charge >= 0.3 is 5.97 Å². The normalized spacial score (nSPS) is 9.80. The van der Waals surface area contributed by atoms with E-state index in [1.54, 1.807) is 26.0 Å². The second-order valence-corrected chi connectivity index (χ2v) is 3.92. The molecule has 0 unspecified atom stereocenters. The van der Waals surface area contributed by atoms with Crippen molar-refractivity contribution in [3.8, 4) is 0 Å². The van der Waals surface area contributed by atoms with Gasteiger partial charge in [0.1, 0.15) is 6.29 Å². The third-order valence-corrected chi connectivity index (χ3v) is 2.49. The second-order valence-electron chi connectivity index (χ2n) is 3.01. The Bertz CT molecular complexity index is 399. The average Bonchev–Trinajstić information content (AvgIpc) is 2.21. The molecule has 0 spiro atoms. The standard InChI is InChI=1S/C11H11BrO3/c1-3-15-11(14)10-5-9(12)4-8(6-13)7(10)2/h4-6H,3H2,1-2H3. The van der Waals surface area contributed by atoms with Crippen LogP contribution >= 0.6 is 15.9 Å². The number of benzene rings is 1. The monoisotopic (exact) mass is 270 g/mol. The maximum atomic E-state index is 11.5. The fourth-order valence-corrected chi connectivity index (χ4v) is 1.72. The second kappa shape index (κ2) is 5.07. The molecule has 0 atom stereocenters. The molecule has 3 nitrogen and oxygen atoms in total. The van der Waals surface area contributed by atoms with Crippen LogP contribution < -0.4 is 0 Å². The van der Waals surface area contributed by atoms with Gasteiger partial charge in [0.2, 0.25) is 0 Å². The van der Waals surface area contributed by atoms with E-state index in [1.165, 1.54) is 0 Å². The zero-order valence-electron chi connectivity index (χ0n) is 8.54. The van der Waals surface area contributed by atoms with Crippen LogP contribution in [0.5, 0.6) is 0 Å². The molecule has 0 aliphatic heterocycles. The molecule has 0 radical (unpaired) electrons. The Morgan fingerprint density at radius 1 is 1.53 bits per heavy atom. The first-order chi connectivity index (χ1) is 7.10. The van der Waals surface area contributed by atoms with Crippen LogP contribution in [0.15, 0.2) is 16.6 Å². The van der Waals surface area contributed by atoms with Crippen LogP contribution in [0.3, 0.4) is 0 Å². The van der Waals surface area contributed by atoms with Gasteiger partial charge in [-0.05, 0) is 31.5 Å². The fraction of sp³-hybridized carbons (Fsp3) is 0.273. The van der Waals surface area contributed by atoms with Crippen LogP contribution in [-0.4, -0.2) is 18.9 Å². The highest BCUT2D eigenvalue weighted by Crippen LogP contribution is 2.20. The maximum absolute atomic E-state index is 11.5. The van der Waals surface area contributed by atoms with E-state index in [-0.39, 0.29) is 0 Å². The smallest absolute Gasteiger partial charge is 0.338 e. The largest absolute Gasteiger partial charge is 0.462 e. The van der Waals surface area contributed by atoms with Gasteiger partial charge in [-0.25, -0.2) is 4.79 Å². The molecular formula is C11H11BrO3. The molecular weight excluding hydrogens is 260 g/mol. The van der Waals surface area contributed by atoms with E-state index < -0.39 is 5.97 Å². The number of carbonyl (C=O) groups excluding carboxylic acids is 2. The van der Waals surface area contributed by atoms with Gasteiger partial charge in [-0.3, -0.25) is 4.79 Å². The Balaban J connectivity index is 3.22. The Hall–Kier alpha value is -1.16. The molecule has 0 N–H and O–H groups in total. The first-order valence-corrected chi connectivity index (χ1v) is 5.32. The lowest BCUT2D eigenvalue weighted by molar-refractivity contribution is 0.0525. The van der Waals surface area contributed by atoms with Crippen molar-refractivity contribution >= 4 is 28.2 Å². The fourth-order valence-electron chi connectivity index (χ4n) is 1.24. The third kappa shape index (κ3) is 2.65. The van der Waals surface area contributed by atoms with Gasteiger partial charge in [-0.15, -0.1) is 0 Å². The molecule has 0 saturated carbocycles. The zero-order valence-corrected chi connectivity index (χ0v) is 10.1. The first-order valence-electron chi connectivity index (χ1n) is 4.52. The number of esters is 1. The van der Waals surface area contributed by atoms with Crippen molar-refractivity contribution in [3.63, 3.8) is 0 Å². The van der Waals surface area contributed by atoms with E-state index in [4.69, 9.17) is 4.74 Å². The lowest BCUT2D eigenvalue weighted by Crippen LogP contribution is -2.08. The Labute approximate surface area is 96.6 Å². The van der Waals surface area contributed by atoms with Crippen LogP contribution in [0.4, 0.5) is 0 Å². The minimum absolute atomic E-state index is 0.321. The lowest BCUT2D eigenvalue weighted by atomic mass is 10.0. The van der Waals surface area contributed by atoms with Crippen LogP contribution in [0.1, 0.15) is 33.2 Å². The molecule has 80 valence electrons. The number of hydrogen-bond acceptors (Lipinski definition) is 3. The molecule has 0 heterocycles. The summed E-state index contributed by atoms with van der Waals surface area (Å²) in [7, 11) is 0. The molecule has 0 bridgehead atoms. The van der Waals surface area contributed by atoms with Gasteiger partial charge in [0.25, 0.3) is 0 Å². The number of aldehydes is 1. The molecule has 1 aromatic carbocycles. The van der Waals surface area contributed by atoms with Gasteiger partial charge in [-0.1, -0.05) is 15.9 Å². The molecule has 0 aliphatic carbocycles. The highest BCUT2D eigenvalue weighted by atomic mass is 79.9. The highest BCUT2D eigenvalue weighted by molar-refractivity contribution is 9.10. The summed E-state index contributed by atoms with van der Waals surface area (Å²) >= 11 is 3.24. The van der Waals surface area contributed by atoms with Crippen LogP contribution in [0.25, 0.3) is 0 Å². The molecule has 15 heavy (non-hydrogen) atoms. The van der Waals surface area contributed by atoms with E-state index in [1.807, 2.05) is 0 Å². The summed E-state index contributed by atoms with van der Waals surface area (Å²) in [4.78, 5) is 22.3. The van der Waals surface area contributed by atoms with Crippen LogP contribution in [-0.2, 0) is 4.74 Å². The predicted octanol–water partition coefficient (Wildman–Crippen LogP) is 2.75. The molecule has 0 saturated heterocycles. The molecule has 1 rings (SSSR count). The molecule has 0 aromatic heterocycles. The van der Waals surface area contributed by atoms with Crippen LogP contribution in [0, 0.1) is 6.92 Å². The predicted molar refractivity (Wildman–Crippen MR) is 60.2 cm³/mol. The van der Waals surface area contributed by atoms with Crippen molar-refractivity contribution in [1.82, 2.24) is 0 Å². The van der Waals surface area contributed by atoms with E-state index in [9.17, 15) is 9.59 Å². The van der Waals surface area contributed by atoms with Crippen LogP contribution in [0.2, 0.25) is 0 Å². The lowest BCUT2D eigenvalue weighted by Gasteiger charge is -2.07. The minimum Gasteiger partial charge on any atom is -0.462 e. The summed E-state index contributed by atoms with van der Waals surface area (Å²) < 4.78 is 5.58. The molecule has 1 aromatic rings. The number of hydrogen-bond donors (Lipinski definition) is 0. The topological polar surface area (TPSA) is 43.4 Å². The van der Waals surface area contributed by atoms with Gasteiger partial charge in [-0.2, -0.15) is 0 Å². The van der Waals surface area contributed by atoms with E-state index in [0.717, 1.165) is 6.29 Å². The first kappa shape index (κ1) is 11.9. The van der Waals surface area contributed by atoms with E-state index in [2.05, 4.69) is 15.9 Å². The summed E-state index contributed by atoms with van der Waals surface area (Å²) in [6, 6.07) is 3.32. The maximum Gasteiger partial charge on any atom is 0.338 e. The van der Waals surface area contributed by atoms with Gasteiger partial charge in [0.15, 0.2) is 0 Å². The number of halogens is 1. The van der Waals surface area contributed by atoms with Gasteiger partial charge < -0.3 is 4.74 Å². The summed E-state index contributed by atoms with van der Waals surface area (Å²) in [5.74, 6) is -0.403. The minimum atomic E-state index is -0.403. The number of ether oxygens (including phenoxy) is 1. The van der Waals surface area contributed by atoms with Crippen molar-refractivity contribution in [2.75, 3.05) is 6.61 Å². The van der Waals surface area contributed by atoms with Gasteiger partial charge in [0, 0.05) is 10.0 Å². The van der Waals surface area contributed by atoms with Crippen molar-refractivity contribution in [3.05, 3.63) is 33.3 Å². The summed E-state index contributed by atoms with van der Waals surface area (Å²) in [6.45, 7) is 3.79. The molecule has 0 aliphatic rings.